The summed E-state index contributed by atoms with van der Waals surface area (Å²) in [5, 5.41) is 58.2. The number of likely N-dealkylation sites (N-methyl/N-ethyl adjacent to an activating group) is 1. The number of esters is 1. The molecule has 0 aromatic rings. The first-order valence-electron chi connectivity index (χ1n) is 25.7. The van der Waals surface area contributed by atoms with Crippen LogP contribution in [0, 0.1) is 23.7 Å². The first-order chi connectivity index (χ1) is 30.9. The maximum atomic E-state index is 14.1. The third-order valence-electron chi connectivity index (χ3n) is 14.1. The fourth-order valence-electron chi connectivity index (χ4n) is 11.4. The Labute approximate surface area is 446 Å². The van der Waals surface area contributed by atoms with Crippen LogP contribution in [0.5, 0.6) is 0 Å². The molecule has 0 aromatic carbocycles. The topological polar surface area (TPSA) is 218 Å². The number of hydrogen-bond donors (Lipinski definition) is 5. The van der Waals surface area contributed by atoms with E-state index in [1.165, 1.54) is 14.0 Å². The minimum Gasteiger partial charge on any atom is -0.412 e. The second-order valence-corrected chi connectivity index (χ2v) is 44.7. The van der Waals surface area contributed by atoms with Gasteiger partial charge in [0.15, 0.2) is 18.4 Å². The number of methoxy groups -OCH3 is 1. The van der Waals surface area contributed by atoms with Crippen LogP contribution in [0.25, 0.3) is 0 Å². The zero-order valence-corrected chi connectivity index (χ0v) is 54.1. The SMILES string of the molecule is CC[C@H]1OC(=O)[C@H](C)[C@H](O[C@H]2C[C@@](C)(OC)[C@@H](O)[C@H](C)O2)[C@H](C)[C@@H](O[C@@H]2O[C@H](C)C[C@H](N(C)C)[C@H]2O)[C@]2(C)C[C@@H](C)[C@](O)(O2)[C@H](C)[C@@H](O)[C@]1(C)O.C[C](C)(C)[Sn][C](C)(C)C.C[C](C)(C)[Sn][C](C)(C)C.O. The van der Waals surface area contributed by atoms with E-state index in [2.05, 4.69) is 83.1 Å². The molecule has 4 saturated heterocycles. The van der Waals surface area contributed by atoms with Crippen LogP contribution < -0.4 is 0 Å². The van der Waals surface area contributed by atoms with Gasteiger partial charge < -0.3 is 69.1 Å². The van der Waals surface area contributed by atoms with E-state index in [0.29, 0.717) is 20.1 Å². The molecule has 0 amide bonds. The van der Waals surface area contributed by atoms with Crippen molar-refractivity contribution in [3.05, 3.63) is 0 Å². The van der Waals surface area contributed by atoms with E-state index in [4.69, 9.17) is 33.2 Å². The molecule has 4 aliphatic heterocycles. The third kappa shape index (κ3) is 18.6. The van der Waals surface area contributed by atoms with Gasteiger partial charge >= 0.3 is 145 Å². The number of carbonyl (C=O) groups is 1. The van der Waals surface area contributed by atoms with Crippen molar-refractivity contribution >= 4 is 48.3 Å². The Morgan fingerprint density at radius 2 is 1.24 bits per heavy atom. The summed E-state index contributed by atoms with van der Waals surface area (Å²) >= 11 is -0.363. The molecule has 4 aliphatic rings. The van der Waals surface area contributed by atoms with Crippen LogP contribution in [0.1, 0.15) is 178 Å². The van der Waals surface area contributed by atoms with Crippen molar-refractivity contribution in [1.82, 2.24) is 4.90 Å². The van der Waals surface area contributed by atoms with E-state index in [0.717, 1.165) is 0 Å². The molecule has 70 heavy (non-hydrogen) atoms. The van der Waals surface area contributed by atoms with Crippen LogP contribution in [-0.2, 0) is 38.0 Å². The summed E-state index contributed by atoms with van der Waals surface area (Å²) in [6.07, 6.45) is -8.51. The van der Waals surface area contributed by atoms with Gasteiger partial charge in [-0.25, -0.2) is 0 Å². The van der Waals surface area contributed by atoms with E-state index in [1.54, 1.807) is 41.5 Å². The molecule has 15 nitrogen and oxygen atoms in total. The van der Waals surface area contributed by atoms with Crippen molar-refractivity contribution in [2.75, 3.05) is 21.2 Å². The summed E-state index contributed by atoms with van der Waals surface area (Å²) in [5.41, 5.74) is -4.27. The Morgan fingerprint density at radius 1 is 0.757 bits per heavy atom. The average molecular weight is 1220 g/mol. The number of aliphatic hydroxyl groups excluding tert-OH is 3. The summed E-state index contributed by atoms with van der Waals surface area (Å²) in [6, 6.07) is -0.281. The molecule has 4 heterocycles. The number of fused-ring (bicyclic) bond motifs is 2. The largest absolute Gasteiger partial charge is 0.412 e. The van der Waals surface area contributed by atoms with Crippen LogP contribution in [0.2, 0.25) is 13.7 Å². The van der Waals surface area contributed by atoms with Crippen molar-refractivity contribution in [3.8, 4) is 0 Å². The molecule has 4 fully saturated rings. The summed E-state index contributed by atoms with van der Waals surface area (Å²) in [5.74, 6) is -5.92. The van der Waals surface area contributed by atoms with Gasteiger partial charge in [0.1, 0.15) is 23.9 Å². The van der Waals surface area contributed by atoms with Gasteiger partial charge in [0.2, 0.25) is 0 Å². The molecule has 414 valence electrons. The Kier molecular flexibility index (Phi) is 25.3. The van der Waals surface area contributed by atoms with Gasteiger partial charge in [-0.15, -0.1) is 0 Å². The maximum absolute atomic E-state index is 14.1. The fourth-order valence-corrected chi connectivity index (χ4v) is 24.3. The van der Waals surface area contributed by atoms with Gasteiger partial charge in [0, 0.05) is 37.3 Å². The van der Waals surface area contributed by atoms with Crippen LogP contribution in [0.4, 0.5) is 0 Å². The zero-order chi connectivity index (χ0) is 54.0. The van der Waals surface area contributed by atoms with Crippen LogP contribution in [0.15, 0.2) is 0 Å². The molecule has 0 aliphatic carbocycles. The molecular formula is C53H105NO14Sn2. The Bertz CT molecular complexity index is 1550. The van der Waals surface area contributed by atoms with E-state index in [-0.39, 0.29) is 79.2 Å². The van der Waals surface area contributed by atoms with Gasteiger partial charge in [-0.05, 0) is 74.9 Å². The number of rotatable bonds is 7. The van der Waals surface area contributed by atoms with Gasteiger partial charge in [0.25, 0.3) is 0 Å². The van der Waals surface area contributed by atoms with Crippen LogP contribution in [-0.4, -0.2) is 195 Å². The quantitative estimate of drug-likeness (QED) is 0.124. The molecular weight excluding hydrogens is 1110 g/mol. The second kappa shape index (κ2) is 25.8. The standard InChI is InChI=1S/C37H67NO13.4C4H9.H2O.2Sn/c1-14-25-36(10,43)29(40)22(6)37(44)18(2)16-35(9,51-37)31(50-33-27(39)24(38(11)12)15-19(3)46-33)20(4)28(21(5)32(42)48-25)49-26-17-34(8,45-13)30(41)23(7)47-26;4*1-4(2)3;;;/h18-31,33,39-41,43-44H,14-17H2,1-13H3;4*1-3H3;1H2;;/t18-,19-,20+,21-,22-,23+,24+,25-,26+,27-,28-,29-,30+,31-,33+,34-,35+,36-,37+;;;;;;;/m1......./s1. The van der Waals surface area contributed by atoms with E-state index >= 15 is 0 Å². The number of ether oxygens (including phenoxy) is 7. The number of cyclic esters (lactones) is 1. The number of carbonyl (C=O) groups excluding carboxylic acids is 1. The molecule has 7 N–H and O–H groups in total. The van der Waals surface area contributed by atoms with E-state index in [1.807, 2.05) is 39.8 Å². The van der Waals surface area contributed by atoms with Gasteiger partial charge in [-0.2, -0.15) is 0 Å². The van der Waals surface area contributed by atoms with Crippen molar-refractivity contribution in [3.63, 3.8) is 0 Å². The molecule has 0 aromatic heterocycles. The van der Waals surface area contributed by atoms with Crippen molar-refractivity contribution in [1.29, 1.82) is 0 Å². The normalized spacial score (nSPS) is 42.4. The maximum Gasteiger partial charge on any atom is -0.412 e. The molecule has 0 unspecified atom stereocenters. The average Bonchev–Trinajstić information content (AvgIpc) is 3.42. The number of aliphatic hydroxyl groups is 5. The van der Waals surface area contributed by atoms with E-state index < -0.39 is 108 Å². The molecule has 0 saturated carbocycles. The monoisotopic (exact) mass is 1220 g/mol. The van der Waals surface area contributed by atoms with Gasteiger partial charge in [0.05, 0.1) is 47.6 Å². The molecule has 4 rings (SSSR count). The predicted octanol–water partition coefficient (Wildman–Crippen LogP) is 7.37. The van der Waals surface area contributed by atoms with Gasteiger partial charge in [-0.1, -0.05) is 27.7 Å². The first kappa shape index (κ1) is 68.6. The summed E-state index contributed by atoms with van der Waals surface area (Å²) in [6.45, 7) is 45.6. The second-order valence-electron chi connectivity index (χ2n) is 26.1. The minimum atomic E-state index is -1.97. The summed E-state index contributed by atoms with van der Waals surface area (Å²) in [4.78, 5) is 16.1. The molecule has 4 radical (unpaired) electrons. The Balaban J connectivity index is 0.00000109. The van der Waals surface area contributed by atoms with Crippen molar-refractivity contribution < 1.29 is 69.0 Å². The fraction of sp³-hybridized carbons (Fsp3) is 0.981. The van der Waals surface area contributed by atoms with E-state index in [9.17, 15) is 30.3 Å². The first-order valence-corrected chi connectivity index (χ1v) is 31.4. The molecule has 19 atom stereocenters. The van der Waals surface area contributed by atoms with Crippen LogP contribution in [0.3, 0.4) is 0 Å². The third-order valence-corrected chi connectivity index (χ3v) is 22.7. The van der Waals surface area contributed by atoms with Crippen molar-refractivity contribution in [2.24, 2.45) is 23.7 Å². The van der Waals surface area contributed by atoms with Crippen LogP contribution >= 0.6 is 0 Å². The van der Waals surface area contributed by atoms with Gasteiger partial charge in [-0.3, -0.25) is 4.79 Å². The summed E-state index contributed by atoms with van der Waals surface area (Å²) in [7, 11) is 5.27. The molecule has 17 heteroatoms. The zero-order valence-electron chi connectivity index (χ0n) is 48.4. The summed E-state index contributed by atoms with van der Waals surface area (Å²) < 4.78 is 47.0. The molecule has 2 bridgehead atoms. The minimum absolute atomic E-state index is 0. The predicted molar refractivity (Wildman–Crippen MR) is 279 cm³/mol. The smallest absolute Gasteiger partial charge is 0.412 e. The Morgan fingerprint density at radius 3 is 1.66 bits per heavy atom. The Hall–Kier alpha value is 0.547. The number of nitrogens with zero attached hydrogens (tertiary/aromatic N) is 1. The van der Waals surface area contributed by atoms with Crippen molar-refractivity contribution in [2.45, 2.75) is 282 Å². The molecule has 0 spiro atoms. The number of hydrogen-bond acceptors (Lipinski definition) is 14.